The Labute approximate surface area is 163 Å². The molecule has 0 spiro atoms. The topological polar surface area (TPSA) is 49.4 Å². The molecule has 0 bridgehead atoms. The summed E-state index contributed by atoms with van der Waals surface area (Å²) in [6, 6.07) is 12.1. The molecule has 0 unspecified atom stereocenters. The molecule has 4 nitrogen and oxygen atoms in total. The number of benzene rings is 2. The molecule has 0 aliphatic rings. The number of fused-ring (bicyclic) bond motifs is 1. The van der Waals surface area contributed by atoms with Crippen molar-refractivity contribution in [1.82, 2.24) is 4.90 Å². The lowest BCUT2D eigenvalue weighted by Crippen LogP contribution is -2.35. The molecule has 2 aromatic carbocycles. The summed E-state index contributed by atoms with van der Waals surface area (Å²) < 4.78 is 1.09. The number of hydrogen-bond donors (Lipinski definition) is 1. The summed E-state index contributed by atoms with van der Waals surface area (Å²) in [4.78, 5) is 27.5. The van der Waals surface area contributed by atoms with E-state index in [4.69, 9.17) is 0 Å². The van der Waals surface area contributed by atoms with Crippen LogP contribution in [0.4, 0.5) is 5.69 Å². The summed E-state index contributed by atoms with van der Waals surface area (Å²) in [6.45, 7) is 7.96. The van der Waals surface area contributed by atoms with Gasteiger partial charge >= 0.3 is 0 Å². The van der Waals surface area contributed by atoms with Crippen LogP contribution in [0.25, 0.3) is 10.1 Å². The number of likely N-dealkylation sites (N-methyl/N-ethyl adjacent to an activating group) is 1. The number of aryl methyl sites for hydroxylation is 4. The Hall–Kier alpha value is -2.66. The van der Waals surface area contributed by atoms with Crippen LogP contribution in [0.2, 0.25) is 0 Å². The number of rotatable bonds is 4. The predicted molar refractivity (Wildman–Crippen MR) is 113 cm³/mol. The second-order valence-corrected chi connectivity index (χ2v) is 8.09. The number of thiophene rings is 1. The Bertz CT molecular complexity index is 1010. The van der Waals surface area contributed by atoms with Gasteiger partial charge in [-0.3, -0.25) is 9.59 Å². The number of hydrogen-bond acceptors (Lipinski definition) is 3. The summed E-state index contributed by atoms with van der Waals surface area (Å²) in [5, 5.41) is 4.05. The van der Waals surface area contributed by atoms with Gasteiger partial charge in [0, 0.05) is 17.4 Å². The molecule has 27 heavy (non-hydrogen) atoms. The Morgan fingerprint density at radius 3 is 2.30 bits per heavy atom. The highest BCUT2D eigenvalue weighted by Gasteiger charge is 2.21. The molecular formula is C22H24N2O2S. The Kier molecular flexibility index (Phi) is 5.33. The largest absolute Gasteiger partial charge is 0.332 e. The summed E-state index contributed by atoms with van der Waals surface area (Å²) >= 11 is 1.47. The van der Waals surface area contributed by atoms with E-state index in [9.17, 15) is 9.59 Å². The minimum atomic E-state index is -0.195. The van der Waals surface area contributed by atoms with Gasteiger partial charge in [0.2, 0.25) is 5.91 Å². The SMILES string of the molecule is Cc1cc(C)c(NC(=O)CN(C)C(=O)c2sc3ccccc3c2C)c(C)c1. The van der Waals surface area contributed by atoms with Gasteiger partial charge < -0.3 is 10.2 Å². The average Bonchev–Trinajstić information content (AvgIpc) is 2.94. The van der Waals surface area contributed by atoms with Crippen molar-refractivity contribution in [3.05, 3.63) is 63.5 Å². The van der Waals surface area contributed by atoms with Crippen LogP contribution >= 0.6 is 11.3 Å². The number of carbonyl (C=O) groups is 2. The van der Waals surface area contributed by atoms with Crippen LogP contribution in [0.1, 0.15) is 31.9 Å². The molecule has 3 aromatic rings. The quantitative estimate of drug-likeness (QED) is 0.704. The van der Waals surface area contributed by atoms with E-state index in [0.29, 0.717) is 4.88 Å². The molecule has 0 fully saturated rings. The van der Waals surface area contributed by atoms with Crippen molar-refractivity contribution in [2.75, 3.05) is 18.9 Å². The van der Waals surface area contributed by atoms with Crippen LogP contribution < -0.4 is 5.32 Å². The third-order valence-corrected chi connectivity index (χ3v) is 5.97. The van der Waals surface area contributed by atoms with Gasteiger partial charge in [-0.25, -0.2) is 0 Å². The number of anilines is 1. The monoisotopic (exact) mass is 380 g/mol. The van der Waals surface area contributed by atoms with Gasteiger partial charge in [-0.1, -0.05) is 35.9 Å². The maximum atomic E-state index is 12.9. The number of carbonyl (C=O) groups excluding carboxylic acids is 2. The smallest absolute Gasteiger partial charge is 0.264 e. The molecule has 0 aliphatic heterocycles. The van der Waals surface area contributed by atoms with Crippen molar-refractivity contribution in [1.29, 1.82) is 0 Å². The van der Waals surface area contributed by atoms with Crippen LogP contribution in [0, 0.1) is 27.7 Å². The van der Waals surface area contributed by atoms with E-state index in [0.717, 1.165) is 38.0 Å². The van der Waals surface area contributed by atoms with Gasteiger partial charge in [0.05, 0.1) is 11.4 Å². The molecule has 0 radical (unpaired) electrons. The summed E-state index contributed by atoms with van der Waals surface area (Å²) in [5.74, 6) is -0.319. The third kappa shape index (κ3) is 3.88. The minimum Gasteiger partial charge on any atom is -0.332 e. The lowest BCUT2D eigenvalue weighted by Gasteiger charge is -2.18. The van der Waals surface area contributed by atoms with Gasteiger partial charge in [0.25, 0.3) is 5.91 Å². The molecular weight excluding hydrogens is 356 g/mol. The maximum Gasteiger partial charge on any atom is 0.264 e. The summed E-state index contributed by atoms with van der Waals surface area (Å²) in [5.41, 5.74) is 5.00. The first-order chi connectivity index (χ1) is 12.8. The first-order valence-electron chi connectivity index (χ1n) is 8.89. The van der Waals surface area contributed by atoms with E-state index in [1.807, 2.05) is 64.1 Å². The standard InChI is InChI=1S/C22H24N2O2S/c1-13-10-14(2)20(15(3)11-13)23-19(25)12-24(5)22(26)21-16(4)17-8-6-7-9-18(17)27-21/h6-11H,12H2,1-5H3,(H,23,25). The lowest BCUT2D eigenvalue weighted by atomic mass is 10.1. The van der Waals surface area contributed by atoms with Gasteiger partial charge in [0.15, 0.2) is 0 Å². The highest BCUT2D eigenvalue weighted by Crippen LogP contribution is 2.31. The van der Waals surface area contributed by atoms with E-state index in [2.05, 4.69) is 5.32 Å². The fourth-order valence-corrected chi connectivity index (χ4v) is 4.60. The molecule has 0 atom stereocenters. The summed E-state index contributed by atoms with van der Waals surface area (Å²) in [6.07, 6.45) is 0. The molecule has 1 aromatic heterocycles. The fourth-order valence-electron chi connectivity index (χ4n) is 3.40. The van der Waals surface area contributed by atoms with E-state index >= 15 is 0 Å². The van der Waals surface area contributed by atoms with E-state index in [1.54, 1.807) is 7.05 Å². The summed E-state index contributed by atoms with van der Waals surface area (Å²) in [7, 11) is 1.67. The number of nitrogens with zero attached hydrogens (tertiary/aromatic N) is 1. The first-order valence-corrected chi connectivity index (χ1v) is 9.71. The normalized spacial score (nSPS) is 10.9. The Balaban J connectivity index is 1.74. The highest BCUT2D eigenvalue weighted by atomic mass is 32.1. The average molecular weight is 381 g/mol. The maximum absolute atomic E-state index is 12.9. The molecule has 1 N–H and O–H groups in total. The molecule has 2 amide bonds. The molecule has 1 heterocycles. The Morgan fingerprint density at radius 1 is 1.04 bits per heavy atom. The second-order valence-electron chi connectivity index (χ2n) is 7.04. The van der Waals surface area contributed by atoms with Crippen LogP contribution in [0.3, 0.4) is 0 Å². The van der Waals surface area contributed by atoms with Gasteiger partial charge in [0.1, 0.15) is 0 Å². The molecule has 5 heteroatoms. The third-order valence-electron chi connectivity index (χ3n) is 4.71. The van der Waals surface area contributed by atoms with Gasteiger partial charge in [-0.05, 0) is 55.8 Å². The fraction of sp³-hybridized carbons (Fsp3) is 0.273. The molecule has 0 saturated heterocycles. The Morgan fingerprint density at radius 2 is 1.67 bits per heavy atom. The molecule has 0 saturated carbocycles. The minimum absolute atomic E-state index is 0.0132. The number of amides is 2. The van der Waals surface area contributed by atoms with Crippen molar-refractivity contribution in [3.63, 3.8) is 0 Å². The van der Waals surface area contributed by atoms with Crippen molar-refractivity contribution < 1.29 is 9.59 Å². The zero-order valence-corrected chi connectivity index (χ0v) is 17.2. The predicted octanol–water partition coefficient (Wildman–Crippen LogP) is 4.85. The van der Waals surface area contributed by atoms with E-state index in [-0.39, 0.29) is 18.4 Å². The van der Waals surface area contributed by atoms with Gasteiger partial charge in [-0.15, -0.1) is 11.3 Å². The van der Waals surface area contributed by atoms with Crippen molar-refractivity contribution in [2.45, 2.75) is 27.7 Å². The second kappa shape index (κ2) is 7.53. The van der Waals surface area contributed by atoms with Crippen molar-refractivity contribution in [3.8, 4) is 0 Å². The van der Waals surface area contributed by atoms with Crippen molar-refractivity contribution >= 4 is 38.9 Å². The lowest BCUT2D eigenvalue weighted by molar-refractivity contribution is -0.116. The molecule has 140 valence electrons. The van der Waals surface area contributed by atoms with E-state index < -0.39 is 0 Å². The van der Waals surface area contributed by atoms with Crippen molar-refractivity contribution in [2.24, 2.45) is 0 Å². The zero-order valence-electron chi connectivity index (χ0n) is 16.3. The van der Waals surface area contributed by atoms with Crippen LogP contribution in [0.15, 0.2) is 36.4 Å². The highest BCUT2D eigenvalue weighted by molar-refractivity contribution is 7.21. The zero-order chi connectivity index (χ0) is 19.7. The van der Waals surface area contributed by atoms with Gasteiger partial charge in [-0.2, -0.15) is 0 Å². The van der Waals surface area contributed by atoms with Crippen LogP contribution in [-0.4, -0.2) is 30.3 Å². The first kappa shape index (κ1) is 19.1. The van der Waals surface area contributed by atoms with E-state index in [1.165, 1.54) is 16.2 Å². The van der Waals surface area contributed by atoms with Crippen LogP contribution in [-0.2, 0) is 4.79 Å². The number of nitrogens with one attached hydrogen (secondary N) is 1. The molecule has 3 rings (SSSR count). The molecule has 0 aliphatic carbocycles. The van der Waals surface area contributed by atoms with Crippen LogP contribution in [0.5, 0.6) is 0 Å².